The summed E-state index contributed by atoms with van der Waals surface area (Å²) in [6, 6.07) is 12.5. The van der Waals surface area contributed by atoms with E-state index in [0.717, 1.165) is 5.56 Å². The van der Waals surface area contributed by atoms with Gasteiger partial charge in [0, 0.05) is 0 Å². The van der Waals surface area contributed by atoms with Crippen LogP contribution in [0.4, 0.5) is 0 Å². The second-order valence-electron chi connectivity index (χ2n) is 5.40. The SMILES string of the molecule is COc1ccc(S(=O)(=O)NC(Cc2ccccc2)C(N)=O)cc1C. The minimum absolute atomic E-state index is 0.0557. The maximum absolute atomic E-state index is 12.5. The molecule has 1 atom stereocenters. The fraction of sp³-hybridized carbons (Fsp3) is 0.235. The summed E-state index contributed by atoms with van der Waals surface area (Å²) in [5, 5.41) is 0. The van der Waals surface area contributed by atoms with Gasteiger partial charge in [-0.05, 0) is 42.7 Å². The molecule has 0 spiro atoms. The Labute approximate surface area is 141 Å². The highest BCUT2D eigenvalue weighted by molar-refractivity contribution is 7.89. The highest BCUT2D eigenvalue weighted by atomic mass is 32.2. The minimum Gasteiger partial charge on any atom is -0.496 e. The third-order valence-electron chi connectivity index (χ3n) is 3.60. The number of rotatable bonds is 7. The van der Waals surface area contributed by atoms with Gasteiger partial charge >= 0.3 is 0 Å². The first-order valence-electron chi connectivity index (χ1n) is 7.33. The Hall–Kier alpha value is -2.38. The number of nitrogens with two attached hydrogens (primary N) is 1. The monoisotopic (exact) mass is 348 g/mol. The van der Waals surface area contributed by atoms with E-state index in [0.29, 0.717) is 11.3 Å². The van der Waals surface area contributed by atoms with Gasteiger partial charge in [0.15, 0.2) is 0 Å². The first kappa shape index (κ1) is 18.0. The van der Waals surface area contributed by atoms with Gasteiger partial charge in [0.2, 0.25) is 15.9 Å². The van der Waals surface area contributed by atoms with Crippen molar-refractivity contribution in [3.63, 3.8) is 0 Å². The van der Waals surface area contributed by atoms with Gasteiger partial charge in [0.25, 0.3) is 0 Å². The van der Waals surface area contributed by atoms with Gasteiger partial charge in [0.1, 0.15) is 11.8 Å². The summed E-state index contributed by atoms with van der Waals surface area (Å²) in [5.74, 6) is -0.141. The fourth-order valence-corrected chi connectivity index (χ4v) is 3.61. The van der Waals surface area contributed by atoms with E-state index >= 15 is 0 Å². The van der Waals surface area contributed by atoms with E-state index in [1.54, 1.807) is 13.0 Å². The van der Waals surface area contributed by atoms with Gasteiger partial charge < -0.3 is 10.5 Å². The molecule has 128 valence electrons. The Bertz CT molecular complexity index is 820. The van der Waals surface area contributed by atoms with Crippen molar-refractivity contribution < 1.29 is 17.9 Å². The van der Waals surface area contributed by atoms with Crippen molar-refractivity contribution in [1.82, 2.24) is 4.72 Å². The summed E-state index contributed by atoms with van der Waals surface area (Å²) in [7, 11) is -2.37. The third-order valence-corrected chi connectivity index (χ3v) is 5.07. The predicted octanol–water partition coefficient (Wildman–Crippen LogP) is 1.38. The van der Waals surface area contributed by atoms with E-state index in [1.165, 1.54) is 19.2 Å². The molecule has 0 saturated carbocycles. The maximum atomic E-state index is 12.5. The summed E-state index contributed by atoms with van der Waals surface area (Å²) in [6.45, 7) is 1.74. The molecule has 24 heavy (non-hydrogen) atoms. The van der Waals surface area contributed by atoms with Gasteiger partial charge in [-0.15, -0.1) is 0 Å². The number of primary amides is 1. The molecule has 2 aromatic rings. The number of benzene rings is 2. The number of amides is 1. The zero-order valence-electron chi connectivity index (χ0n) is 13.5. The lowest BCUT2D eigenvalue weighted by molar-refractivity contribution is -0.119. The smallest absolute Gasteiger partial charge is 0.241 e. The van der Waals surface area contributed by atoms with Gasteiger partial charge in [-0.25, -0.2) is 8.42 Å². The third kappa shape index (κ3) is 4.33. The molecule has 6 nitrogen and oxygen atoms in total. The summed E-state index contributed by atoms with van der Waals surface area (Å²) in [6.07, 6.45) is 0.185. The minimum atomic E-state index is -3.88. The number of nitrogens with one attached hydrogen (secondary N) is 1. The molecule has 0 saturated heterocycles. The molecule has 0 bridgehead atoms. The van der Waals surface area contributed by atoms with Gasteiger partial charge in [0.05, 0.1) is 12.0 Å². The lowest BCUT2D eigenvalue weighted by Crippen LogP contribution is -2.45. The van der Waals surface area contributed by atoms with Crippen molar-refractivity contribution in [2.75, 3.05) is 7.11 Å². The van der Waals surface area contributed by atoms with E-state index in [1.807, 2.05) is 30.3 Å². The number of hydrogen-bond acceptors (Lipinski definition) is 4. The number of carbonyl (C=O) groups excluding carboxylic acids is 1. The molecular weight excluding hydrogens is 328 g/mol. The largest absolute Gasteiger partial charge is 0.496 e. The molecule has 3 N–H and O–H groups in total. The molecule has 2 aromatic carbocycles. The maximum Gasteiger partial charge on any atom is 0.241 e. The molecule has 0 aliphatic heterocycles. The quantitative estimate of drug-likeness (QED) is 0.790. The lowest BCUT2D eigenvalue weighted by atomic mass is 10.1. The zero-order valence-corrected chi connectivity index (χ0v) is 14.3. The van der Waals surface area contributed by atoms with Crippen molar-refractivity contribution in [3.8, 4) is 5.75 Å². The number of methoxy groups -OCH3 is 1. The van der Waals surface area contributed by atoms with Crippen molar-refractivity contribution in [2.45, 2.75) is 24.3 Å². The Morgan fingerprint density at radius 3 is 2.42 bits per heavy atom. The molecule has 1 unspecified atom stereocenters. The van der Waals surface area contributed by atoms with Crippen LogP contribution in [0.5, 0.6) is 5.75 Å². The highest BCUT2D eigenvalue weighted by Gasteiger charge is 2.24. The van der Waals surface area contributed by atoms with Crippen LogP contribution in [0.2, 0.25) is 0 Å². The number of carbonyl (C=O) groups is 1. The van der Waals surface area contributed by atoms with Gasteiger partial charge in [-0.2, -0.15) is 4.72 Å². The Morgan fingerprint density at radius 2 is 1.88 bits per heavy atom. The van der Waals surface area contributed by atoms with Gasteiger partial charge in [-0.3, -0.25) is 4.79 Å². The van der Waals surface area contributed by atoms with E-state index in [9.17, 15) is 13.2 Å². The molecule has 0 fully saturated rings. The Morgan fingerprint density at radius 1 is 1.21 bits per heavy atom. The summed E-state index contributed by atoms with van der Waals surface area (Å²) < 4.78 is 32.6. The van der Waals surface area contributed by atoms with E-state index in [-0.39, 0.29) is 11.3 Å². The van der Waals surface area contributed by atoms with E-state index < -0.39 is 22.0 Å². The summed E-state index contributed by atoms with van der Waals surface area (Å²) >= 11 is 0. The van der Waals surface area contributed by atoms with Crippen LogP contribution in [-0.4, -0.2) is 27.5 Å². The highest BCUT2D eigenvalue weighted by Crippen LogP contribution is 2.21. The summed E-state index contributed by atoms with van der Waals surface area (Å²) in [4.78, 5) is 11.7. The summed E-state index contributed by atoms with van der Waals surface area (Å²) in [5.41, 5.74) is 6.85. The van der Waals surface area contributed by atoms with Crippen LogP contribution in [0.15, 0.2) is 53.4 Å². The molecule has 0 aliphatic carbocycles. The van der Waals surface area contributed by atoms with Crippen LogP contribution >= 0.6 is 0 Å². The van der Waals surface area contributed by atoms with Crippen LogP contribution in [-0.2, 0) is 21.2 Å². The van der Waals surface area contributed by atoms with Crippen LogP contribution in [0.25, 0.3) is 0 Å². The van der Waals surface area contributed by atoms with Crippen LogP contribution in [0.1, 0.15) is 11.1 Å². The molecular formula is C17H20N2O4S. The van der Waals surface area contributed by atoms with Crippen molar-refractivity contribution in [3.05, 3.63) is 59.7 Å². The molecule has 0 aromatic heterocycles. The average molecular weight is 348 g/mol. The van der Waals surface area contributed by atoms with Crippen molar-refractivity contribution in [2.24, 2.45) is 5.73 Å². The second kappa shape index (κ2) is 7.46. The van der Waals surface area contributed by atoms with Crippen LogP contribution in [0.3, 0.4) is 0 Å². The molecule has 0 radical (unpaired) electrons. The first-order chi connectivity index (χ1) is 11.3. The number of sulfonamides is 1. The first-order valence-corrected chi connectivity index (χ1v) is 8.82. The normalized spacial score (nSPS) is 12.6. The van der Waals surface area contributed by atoms with Crippen LogP contribution in [0, 0.1) is 6.92 Å². The molecule has 2 rings (SSSR count). The van der Waals surface area contributed by atoms with Crippen molar-refractivity contribution in [1.29, 1.82) is 0 Å². The predicted molar refractivity (Wildman–Crippen MR) is 91.2 cm³/mol. The average Bonchev–Trinajstić information content (AvgIpc) is 2.55. The Balaban J connectivity index is 2.24. The van der Waals surface area contributed by atoms with E-state index in [2.05, 4.69) is 4.72 Å². The topological polar surface area (TPSA) is 98.5 Å². The molecule has 1 amide bonds. The van der Waals surface area contributed by atoms with E-state index in [4.69, 9.17) is 10.5 Å². The molecule has 7 heteroatoms. The molecule has 0 heterocycles. The fourth-order valence-electron chi connectivity index (χ4n) is 2.32. The number of aryl methyl sites for hydroxylation is 1. The number of hydrogen-bond donors (Lipinski definition) is 2. The zero-order chi connectivity index (χ0) is 17.7. The standard InChI is InChI=1S/C17H20N2O4S/c1-12-10-14(8-9-16(12)23-2)24(21,22)19-15(17(18)20)11-13-6-4-3-5-7-13/h3-10,15,19H,11H2,1-2H3,(H2,18,20). The number of ether oxygens (including phenoxy) is 1. The second-order valence-corrected chi connectivity index (χ2v) is 7.11. The van der Waals surface area contributed by atoms with Crippen molar-refractivity contribution >= 4 is 15.9 Å². The lowest BCUT2D eigenvalue weighted by Gasteiger charge is -2.16. The Kier molecular flexibility index (Phi) is 5.58. The van der Waals surface area contributed by atoms with Gasteiger partial charge in [-0.1, -0.05) is 30.3 Å². The molecule has 0 aliphatic rings. The van der Waals surface area contributed by atoms with Crippen LogP contribution < -0.4 is 15.2 Å².